The average Bonchev–Trinajstić information content (AvgIpc) is 3.34. The van der Waals surface area contributed by atoms with Crippen LogP contribution in [-0.2, 0) is 4.74 Å². The molecule has 0 bridgehead atoms. The number of hydrogen-bond acceptors (Lipinski definition) is 7. The van der Waals surface area contributed by atoms with Gasteiger partial charge < -0.3 is 19.1 Å². The summed E-state index contributed by atoms with van der Waals surface area (Å²) < 4.78 is 16.1. The van der Waals surface area contributed by atoms with E-state index in [2.05, 4.69) is 4.98 Å². The van der Waals surface area contributed by atoms with Crippen molar-refractivity contribution in [3.8, 4) is 11.5 Å². The predicted molar refractivity (Wildman–Crippen MR) is 126 cm³/mol. The Morgan fingerprint density at radius 1 is 1.09 bits per heavy atom. The van der Waals surface area contributed by atoms with Crippen LogP contribution < -0.4 is 14.4 Å². The summed E-state index contributed by atoms with van der Waals surface area (Å²) in [5, 5.41) is 2.30. The van der Waals surface area contributed by atoms with E-state index in [9.17, 15) is 9.59 Å². The molecule has 0 N–H and O–H groups in total. The fraction of sp³-hybridized carbons (Fsp3) is 0.261. The van der Waals surface area contributed by atoms with Crippen LogP contribution in [0.5, 0.6) is 11.5 Å². The van der Waals surface area contributed by atoms with E-state index in [-0.39, 0.29) is 17.5 Å². The van der Waals surface area contributed by atoms with Gasteiger partial charge in [-0.05, 0) is 24.3 Å². The van der Waals surface area contributed by atoms with Crippen molar-refractivity contribution in [3.63, 3.8) is 0 Å². The summed E-state index contributed by atoms with van der Waals surface area (Å²) in [5.41, 5.74) is 1.08. The van der Waals surface area contributed by atoms with Gasteiger partial charge in [-0.25, -0.2) is 4.98 Å². The third-order valence-corrected chi connectivity index (χ3v) is 6.29. The minimum Gasteiger partial charge on any atom is -0.493 e. The first-order valence-corrected chi connectivity index (χ1v) is 11.4. The molecule has 2 heterocycles. The second kappa shape index (κ2) is 10.2. The number of amides is 2. The monoisotopic (exact) mass is 487 g/mol. The first-order valence-electron chi connectivity index (χ1n) is 10.2. The molecule has 2 aromatic carbocycles. The third-order valence-electron chi connectivity index (χ3n) is 5.13. The molecule has 8 nitrogen and oxygen atoms in total. The van der Waals surface area contributed by atoms with E-state index in [1.165, 1.54) is 30.5 Å². The number of thiazole rings is 1. The van der Waals surface area contributed by atoms with Gasteiger partial charge in [-0.3, -0.25) is 14.5 Å². The highest BCUT2D eigenvalue weighted by Crippen LogP contribution is 2.37. The summed E-state index contributed by atoms with van der Waals surface area (Å²) in [6.07, 6.45) is 0. The van der Waals surface area contributed by atoms with Crippen LogP contribution in [0.3, 0.4) is 0 Å². The van der Waals surface area contributed by atoms with Crippen LogP contribution in [0.1, 0.15) is 20.8 Å². The average molecular weight is 488 g/mol. The van der Waals surface area contributed by atoms with Gasteiger partial charge in [-0.15, -0.1) is 11.3 Å². The molecule has 172 valence electrons. The SMILES string of the molecule is COc1ccc(N(C(=O)c2ccccc2Cl)c2nc(C(=O)N3CCOCC3)cs2)cc1OC. The summed E-state index contributed by atoms with van der Waals surface area (Å²) in [6.45, 7) is 1.99. The van der Waals surface area contributed by atoms with Gasteiger partial charge in [-0.2, -0.15) is 0 Å². The third kappa shape index (κ3) is 4.80. The number of morpholine rings is 1. The lowest BCUT2D eigenvalue weighted by atomic mass is 10.1. The molecule has 33 heavy (non-hydrogen) atoms. The molecule has 10 heteroatoms. The number of rotatable bonds is 6. The van der Waals surface area contributed by atoms with Crippen molar-refractivity contribution in [2.24, 2.45) is 0 Å². The van der Waals surface area contributed by atoms with E-state index >= 15 is 0 Å². The highest BCUT2D eigenvalue weighted by Gasteiger charge is 2.28. The summed E-state index contributed by atoms with van der Waals surface area (Å²) in [6, 6.07) is 11.9. The Kier molecular flexibility index (Phi) is 7.12. The number of hydrogen-bond donors (Lipinski definition) is 0. The number of carbonyl (C=O) groups is 2. The van der Waals surface area contributed by atoms with Crippen molar-refractivity contribution in [2.45, 2.75) is 0 Å². The van der Waals surface area contributed by atoms with Gasteiger partial charge in [0.1, 0.15) is 5.69 Å². The molecule has 2 amide bonds. The standard InChI is InChI=1S/C23H22ClN3O5S/c1-30-19-8-7-15(13-20(19)31-2)27(21(28)16-5-3-4-6-17(16)24)23-25-18(14-33-23)22(29)26-9-11-32-12-10-26/h3-8,13-14H,9-12H2,1-2H3. The van der Waals surface area contributed by atoms with E-state index in [1.807, 2.05) is 0 Å². The second-order valence-electron chi connectivity index (χ2n) is 7.08. The van der Waals surface area contributed by atoms with Crippen LogP contribution in [0.4, 0.5) is 10.8 Å². The summed E-state index contributed by atoms with van der Waals surface area (Å²) in [4.78, 5) is 34.2. The Balaban J connectivity index is 1.75. The Morgan fingerprint density at radius 3 is 2.52 bits per heavy atom. The van der Waals surface area contributed by atoms with Gasteiger partial charge >= 0.3 is 0 Å². The highest BCUT2D eigenvalue weighted by atomic mass is 35.5. The Bertz CT molecular complexity index is 1160. The largest absolute Gasteiger partial charge is 0.493 e. The summed E-state index contributed by atoms with van der Waals surface area (Å²) in [5.74, 6) is 0.396. The fourth-order valence-corrected chi connectivity index (χ4v) is 4.46. The normalized spacial score (nSPS) is 13.5. The molecule has 0 radical (unpaired) electrons. The van der Waals surface area contributed by atoms with E-state index in [4.69, 9.17) is 25.8 Å². The molecule has 0 spiro atoms. The van der Waals surface area contributed by atoms with E-state index < -0.39 is 0 Å². The number of halogens is 1. The lowest BCUT2D eigenvalue weighted by molar-refractivity contribution is 0.0299. The first-order chi connectivity index (χ1) is 16.0. The van der Waals surface area contributed by atoms with E-state index in [0.29, 0.717) is 59.2 Å². The second-order valence-corrected chi connectivity index (χ2v) is 8.32. The smallest absolute Gasteiger partial charge is 0.273 e. The van der Waals surface area contributed by atoms with Crippen molar-refractivity contribution in [3.05, 3.63) is 64.1 Å². The number of anilines is 2. The van der Waals surface area contributed by atoms with Gasteiger partial charge in [0.15, 0.2) is 16.6 Å². The van der Waals surface area contributed by atoms with Gasteiger partial charge in [-0.1, -0.05) is 23.7 Å². The van der Waals surface area contributed by atoms with Crippen LogP contribution in [0.2, 0.25) is 5.02 Å². The topological polar surface area (TPSA) is 81.2 Å². The maximum absolute atomic E-state index is 13.6. The Hall–Kier alpha value is -3.14. The zero-order valence-electron chi connectivity index (χ0n) is 18.1. The number of methoxy groups -OCH3 is 2. The van der Waals surface area contributed by atoms with Crippen LogP contribution in [0.15, 0.2) is 47.8 Å². The number of aromatic nitrogens is 1. The van der Waals surface area contributed by atoms with Gasteiger partial charge in [0, 0.05) is 24.5 Å². The lowest BCUT2D eigenvalue weighted by Crippen LogP contribution is -2.40. The Morgan fingerprint density at radius 2 is 1.82 bits per heavy atom. The van der Waals surface area contributed by atoms with Crippen molar-refractivity contribution >= 4 is 45.6 Å². The van der Waals surface area contributed by atoms with Crippen molar-refractivity contribution in [1.82, 2.24) is 9.88 Å². The molecule has 3 aromatic rings. The number of benzene rings is 2. The Labute approximate surface area is 200 Å². The van der Waals surface area contributed by atoms with E-state index in [0.717, 1.165) is 0 Å². The molecule has 0 saturated carbocycles. The minimum absolute atomic E-state index is 0.196. The van der Waals surface area contributed by atoms with Crippen molar-refractivity contribution in [1.29, 1.82) is 0 Å². The molecule has 1 aliphatic rings. The maximum Gasteiger partial charge on any atom is 0.273 e. The number of ether oxygens (including phenoxy) is 3. The van der Waals surface area contributed by atoms with Gasteiger partial charge in [0.05, 0.1) is 43.7 Å². The molecule has 1 saturated heterocycles. The number of carbonyl (C=O) groups excluding carboxylic acids is 2. The summed E-state index contributed by atoms with van der Waals surface area (Å²) in [7, 11) is 3.05. The molecule has 1 aromatic heterocycles. The maximum atomic E-state index is 13.6. The zero-order chi connectivity index (χ0) is 23.4. The van der Waals surface area contributed by atoms with Crippen molar-refractivity contribution < 1.29 is 23.8 Å². The quantitative estimate of drug-likeness (QED) is 0.516. The lowest BCUT2D eigenvalue weighted by Gasteiger charge is -2.26. The van der Waals surface area contributed by atoms with E-state index in [1.54, 1.807) is 52.7 Å². The fourth-order valence-electron chi connectivity index (χ4n) is 3.43. The van der Waals surface area contributed by atoms with Gasteiger partial charge in [0.25, 0.3) is 11.8 Å². The first kappa shape index (κ1) is 23.0. The van der Waals surface area contributed by atoms with Crippen LogP contribution in [-0.4, -0.2) is 62.2 Å². The molecule has 0 aliphatic carbocycles. The molecule has 4 rings (SSSR count). The van der Waals surface area contributed by atoms with Crippen LogP contribution in [0, 0.1) is 0 Å². The van der Waals surface area contributed by atoms with Crippen molar-refractivity contribution in [2.75, 3.05) is 45.4 Å². The highest BCUT2D eigenvalue weighted by molar-refractivity contribution is 7.14. The molecular weight excluding hydrogens is 466 g/mol. The number of nitrogens with zero attached hydrogens (tertiary/aromatic N) is 3. The molecule has 1 aliphatic heterocycles. The molecule has 0 atom stereocenters. The molecule has 0 unspecified atom stereocenters. The van der Waals surface area contributed by atoms with Crippen LogP contribution in [0.25, 0.3) is 0 Å². The molecule has 1 fully saturated rings. The van der Waals surface area contributed by atoms with Crippen LogP contribution >= 0.6 is 22.9 Å². The zero-order valence-corrected chi connectivity index (χ0v) is 19.7. The minimum atomic E-state index is -0.382. The molecular formula is C23H22ClN3O5S. The van der Waals surface area contributed by atoms with Gasteiger partial charge in [0.2, 0.25) is 0 Å². The predicted octanol–water partition coefficient (Wildman–Crippen LogP) is 4.26. The summed E-state index contributed by atoms with van der Waals surface area (Å²) >= 11 is 7.52.